The molecule has 24 heavy (non-hydrogen) atoms. The number of carbonyl (C=O) groups is 2. The maximum absolute atomic E-state index is 12.4. The molecule has 137 valence electrons. The van der Waals surface area contributed by atoms with Crippen molar-refractivity contribution in [1.29, 1.82) is 0 Å². The third-order valence-electron chi connectivity index (χ3n) is 5.61. The molecule has 3 aliphatic rings. The van der Waals surface area contributed by atoms with Gasteiger partial charge in [-0.25, -0.2) is 9.59 Å². The fourth-order valence-electron chi connectivity index (χ4n) is 4.49. The Bertz CT molecular complexity index is 505. The molecule has 3 rings (SSSR count). The molecule has 0 aromatic carbocycles. The van der Waals surface area contributed by atoms with Gasteiger partial charge in [0.15, 0.2) is 0 Å². The quantitative estimate of drug-likeness (QED) is 0.158. The Labute approximate surface area is 161 Å². The Hall–Kier alpha value is 0.0334. The zero-order chi connectivity index (χ0) is 18.0. The van der Waals surface area contributed by atoms with Gasteiger partial charge >= 0.3 is 11.9 Å². The summed E-state index contributed by atoms with van der Waals surface area (Å²) in [5.74, 6) is -0.568. The Kier molecular flexibility index (Phi) is 7.72. The van der Waals surface area contributed by atoms with E-state index in [0.29, 0.717) is 22.6 Å². The summed E-state index contributed by atoms with van der Waals surface area (Å²) in [6.45, 7) is 9.80. The number of carbonyl (C=O) groups excluding carboxylic acids is 3. The van der Waals surface area contributed by atoms with E-state index >= 15 is 0 Å². The van der Waals surface area contributed by atoms with Crippen molar-refractivity contribution in [3.05, 3.63) is 10.6 Å². The Morgan fingerprint density at radius 3 is 1.38 bits per heavy atom. The predicted octanol–water partition coefficient (Wildman–Crippen LogP) is 3.57. The van der Waals surface area contributed by atoms with Gasteiger partial charge in [-0.15, -0.1) is 0 Å². The third-order valence-corrected chi connectivity index (χ3v) is 13.3. The Morgan fingerprint density at radius 1 is 0.875 bits per heavy atom. The van der Waals surface area contributed by atoms with Gasteiger partial charge < -0.3 is 9.53 Å². The van der Waals surface area contributed by atoms with Gasteiger partial charge in [0.1, 0.15) is 0 Å². The van der Waals surface area contributed by atoms with Gasteiger partial charge in [0.2, 0.25) is 10.6 Å². The molecule has 3 aliphatic heterocycles. The largest absolute Gasteiger partial charge is 0.545 e. The summed E-state index contributed by atoms with van der Waals surface area (Å²) in [6, 6.07) is 0. The van der Waals surface area contributed by atoms with Crippen LogP contribution in [0.25, 0.3) is 0 Å². The summed E-state index contributed by atoms with van der Waals surface area (Å²) < 4.78 is 10.5. The van der Waals surface area contributed by atoms with Gasteiger partial charge in [-0.05, 0) is 53.4 Å². The minimum atomic E-state index is -0.948. The molecule has 0 aromatic rings. The van der Waals surface area contributed by atoms with Crippen LogP contribution < -0.4 is 0 Å². The molecule has 3 heterocycles. The van der Waals surface area contributed by atoms with Crippen molar-refractivity contribution >= 4 is 34.5 Å². The van der Waals surface area contributed by atoms with E-state index in [2.05, 4.69) is 27.7 Å². The monoisotopic (exact) mass is 461 g/mol. The molecule has 2 saturated heterocycles. The van der Waals surface area contributed by atoms with E-state index in [1.54, 1.807) is 0 Å². The number of rotatable bonds is 2. The molecule has 0 unspecified atom stereocenters. The van der Waals surface area contributed by atoms with Crippen LogP contribution in [0.15, 0.2) is 10.6 Å². The van der Waals surface area contributed by atoms with Crippen LogP contribution in [0.3, 0.4) is 0 Å². The first kappa shape index (κ1) is 20.3. The molecule has 7 heteroatoms. The van der Waals surface area contributed by atoms with E-state index in [9.17, 15) is 9.59 Å². The van der Waals surface area contributed by atoms with Crippen LogP contribution in [-0.2, 0) is 38.6 Å². The predicted molar refractivity (Wildman–Crippen MR) is 97.8 cm³/mol. The topological polar surface area (TPSA) is 60.4 Å². The molecule has 0 aliphatic carbocycles. The normalized spacial score (nSPS) is 34.4. The second-order valence-electron chi connectivity index (χ2n) is 7.10. The average Bonchev–Trinajstić information content (AvgIpc) is 3.09. The zero-order valence-electron chi connectivity index (χ0n) is 15.6. The van der Waals surface area contributed by atoms with Crippen molar-refractivity contribution in [1.82, 2.24) is 0 Å². The average molecular weight is 461 g/mol. The van der Waals surface area contributed by atoms with Crippen molar-refractivity contribution < 1.29 is 40.0 Å². The minimum absolute atomic E-state index is 0. The van der Waals surface area contributed by atoms with Gasteiger partial charge in [0.05, 0.1) is 38.5 Å². The summed E-state index contributed by atoms with van der Waals surface area (Å²) in [4.78, 5) is 33.1. The van der Waals surface area contributed by atoms with Crippen molar-refractivity contribution in [3.63, 3.8) is 0 Å². The molecule has 0 bridgehead atoms. The summed E-state index contributed by atoms with van der Waals surface area (Å²) >= 11 is 0. The van der Waals surface area contributed by atoms with Crippen LogP contribution in [0.5, 0.6) is 0 Å². The van der Waals surface area contributed by atoms with Gasteiger partial charge in [-0.1, -0.05) is 0 Å². The molecule has 0 aromatic heterocycles. The zero-order valence-corrected chi connectivity index (χ0v) is 18.2. The summed E-state index contributed by atoms with van der Waals surface area (Å²) in [5.41, 5.74) is 2.34. The molecule has 4 nitrogen and oxygen atoms in total. The maximum Gasteiger partial charge on any atom is 0.385 e. The maximum atomic E-state index is 12.4. The van der Waals surface area contributed by atoms with Crippen LogP contribution in [0, 0.1) is 0 Å². The molecular weight excluding hydrogens is 433 g/mol. The SMILES string of the molecule is C[C@H]1CC[C@H](C)[PH+]1C1=C([PH+]2[C@@H](C)CC[C@@H]2C)C(=O)OC1=O.[2H][C-]=O.[Rh]. The van der Waals surface area contributed by atoms with Crippen LogP contribution in [0.1, 0.15) is 54.7 Å². The molecule has 0 spiro atoms. The van der Waals surface area contributed by atoms with Crippen molar-refractivity contribution in [3.8, 4) is 0 Å². The van der Waals surface area contributed by atoms with Crippen molar-refractivity contribution in [2.45, 2.75) is 76.0 Å². The first-order chi connectivity index (χ1) is 11.3. The summed E-state index contributed by atoms with van der Waals surface area (Å²) in [6.07, 6.45) is 4.78. The van der Waals surface area contributed by atoms with E-state index in [0.717, 1.165) is 17.4 Å². The van der Waals surface area contributed by atoms with Gasteiger partial charge in [-0.3, -0.25) is 6.77 Å². The molecule has 4 atom stereocenters. The van der Waals surface area contributed by atoms with Gasteiger partial charge in [0.25, 0.3) is 0 Å². The first-order valence-corrected chi connectivity index (χ1v) is 11.7. The van der Waals surface area contributed by atoms with E-state index in [1.807, 2.05) is 0 Å². The van der Waals surface area contributed by atoms with E-state index in [-0.39, 0.29) is 31.4 Å². The number of hydrogen-bond donors (Lipinski definition) is 0. The Morgan fingerprint density at radius 2 is 1.12 bits per heavy atom. The number of ether oxygens (including phenoxy) is 1. The second-order valence-corrected chi connectivity index (χ2v) is 13.9. The van der Waals surface area contributed by atoms with E-state index in [4.69, 9.17) is 10.9 Å². The fraction of sp³-hybridized carbons (Fsp3) is 0.706. The number of esters is 2. The standard InChI is InChI=1S/C16H24O3P2.CHO.Rh/c1-9-5-6-10(2)20(9)13-14(16(18)19-15(13)17)21-11(3)7-8-12(21)4;1-2;/h9-12H,5-8H2,1-4H3;1H;/q;-1;/p+2/t9-,10-,11-,12-;;/m0../s1/i;1D;. The van der Waals surface area contributed by atoms with Crippen LogP contribution in [0.2, 0.25) is 0 Å². The van der Waals surface area contributed by atoms with E-state index in [1.165, 1.54) is 25.7 Å². The summed E-state index contributed by atoms with van der Waals surface area (Å²) in [7, 11) is -1.90. The second kappa shape index (κ2) is 9.11. The molecule has 0 N–H and O–H groups in total. The molecule has 0 saturated carbocycles. The fourth-order valence-corrected chi connectivity index (χ4v) is 12.5. The van der Waals surface area contributed by atoms with E-state index < -0.39 is 15.8 Å². The first-order valence-electron chi connectivity index (χ1n) is 8.87. The van der Waals surface area contributed by atoms with Crippen molar-refractivity contribution in [2.75, 3.05) is 0 Å². The van der Waals surface area contributed by atoms with Crippen molar-refractivity contribution in [2.24, 2.45) is 0 Å². The van der Waals surface area contributed by atoms with Crippen LogP contribution in [0.4, 0.5) is 0 Å². The Balaban J connectivity index is 0.000000730. The molecule has 1 radical (unpaired) electrons. The number of hydrogen-bond acceptors (Lipinski definition) is 4. The van der Waals surface area contributed by atoms with Crippen LogP contribution >= 0.6 is 15.8 Å². The minimum Gasteiger partial charge on any atom is -0.545 e. The molecule has 0 amide bonds. The van der Waals surface area contributed by atoms with Crippen LogP contribution in [-0.4, -0.2) is 41.3 Å². The summed E-state index contributed by atoms with van der Waals surface area (Å²) in [5, 5.41) is 1.77. The van der Waals surface area contributed by atoms with Gasteiger partial charge in [-0.2, -0.15) is 1.37 Å². The van der Waals surface area contributed by atoms with Gasteiger partial charge in [0, 0.05) is 19.5 Å². The molecular formula is C17H27O4P2Rh+. The smallest absolute Gasteiger partial charge is 0.385 e. The molecule has 2 fully saturated rings. The number of cyclic esters (lactones) is 2. The third kappa shape index (κ3) is 3.89.